The second-order valence-corrected chi connectivity index (χ2v) is 3.28. The molecule has 1 heterocycles. The van der Waals surface area contributed by atoms with E-state index in [1.165, 1.54) is 17.9 Å². The second-order valence-electron chi connectivity index (χ2n) is 3.28. The van der Waals surface area contributed by atoms with Crippen molar-refractivity contribution in [1.82, 2.24) is 9.78 Å². The van der Waals surface area contributed by atoms with Crippen molar-refractivity contribution in [3.63, 3.8) is 0 Å². The van der Waals surface area contributed by atoms with Crippen molar-refractivity contribution in [2.24, 2.45) is 12.8 Å². The molecule has 88 valence electrons. The largest absolute Gasteiger partial charge is 0.480 e. The van der Waals surface area contributed by atoms with E-state index in [1.807, 2.05) is 0 Å². The fourth-order valence-corrected chi connectivity index (χ4v) is 1.21. The molecule has 0 aliphatic rings. The van der Waals surface area contributed by atoms with Gasteiger partial charge in [-0.2, -0.15) is 5.10 Å². The van der Waals surface area contributed by atoms with Crippen molar-refractivity contribution < 1.29 is 19.4 Å². The average molecular weight is 227 g/mol. The van der Waals surface area contributed by atoms with Gasteiger partial charge in [0, 0.05) is 19.2 Å². The van der Waals surface area contributed by atoms with Crippen LogP contribution in [-0.2, 0) is 23.0 Å². The third-order valence-electron chi connectivity index (χ3n) is 2.12. The summed E-state index contributed by atoms with van der Waals surface area (Å²) in [6.45, 7) is 0. The predicted octanol–water partition coefficient (Wildman–Crippen LogP) is -0.839. The summed E-state index contributed by atoms with van der Waals surface area (Å²) < 4.78 is 5.91. The van der Waals surface area contributed by atoms with E-state index in [9.17, 15) is 9.59 Å². The third kappa shape index (κ3) is 2.57. The Labute approximate surface area is 91.8 Å². The predicted molar refractivity (Wildman–Crippen MR) is 53.9 cm³/mol. The lowest BCUT2D eigenvalue weighted by atomic mass is 10.1. The summed E-state index contributed by atoms with van der Waals surface area (Å²) in [5, 5.41) is 12.5. The van der Waals surface area contributed by atoms with Gasteiger partial charge in [0.2, 0.25) is 0 Å². The Morgan fingerprint density at radius 3 is 2.81 bits per heavy atom. The van der Waals surface area contributed by atoms with Crippen LogP contribution in [0.3, 0.4) is 0 Å². The maximum absolute atomic E-state index is 11.2. The van der Waals surface area contributed by atoms with Crippen LogP contribution in [0, 0.1) is 0 Å². The highest BCUT2D eigenvalue weighted by Crippen LogP contribution is 2.06. The van der Waals surface area contributed by atoms with Gasteiger partial charge in [0.05, 0.1) is 7.11 Å². The van der Waals surface area contributed by atoms with Gasteiger partial charge in [-0.25, -0.2) is 4.79 Å². The molecule has 0 fully saturated rings. The van der Waals surface area contributed by atoms with Crippen LogP contribution in [0.5, 0.6) is 0 Å². The van der Waals surface area contributed by atoms with Crippen molar-refractivity contribution in [3.05, 3.63) is 17.5 Å². The first-order chi connectivity index (χ1) is 7.45. The van der Waals surface area contributed by atoms with E-state index in [0.717, 1.165) is 0 Å². The molecule has 0 aromatic carbocycles. The summed E-state index contributed by atoms with van der Waals surface area (Å²) in [6.07, 6.45) is 0.107. The van der Waals surface area contributed by atoms with E-state index in [0.29, 0.717) is 5.69 Å². The minimum Gasteiger partial charge on any atom is -0.480 e. The number of carbonyl (C=O) groups is 2. The molecule has 3 N–H and O–H groups in total. The van der Waals surface area contributed by atoms with E-state index in [1.54, 1.807) is 7.05 Å². The second kappa shape index (κ2) is 4.75. The van der Waals surface area contributed by atoms with Crippen LogP contribution < -0.4 is 5.73 Å². The number of rotatable bonds is 4. The van der Waals surface area contributed by atoms with E-state index in [4.69, 9.17) is 10.8 Å². The Balaban J connectivity index is 2.86. The number of carboxylic acids is 1. The monoisotopic (exact) mass is 227 g/mol. The number of esters is 1. The molecular formula is C9H13N3O4. The highest BCUT2D eigenvalue weighted by Gasteiger charge is 2.18. The van der Waals surface area contributed by atoms with Gasteiger partial charge in [-0.05, 0) is 6.07 Å². The topological polar surface area (TPSA) is 107 Å². The molecule has 0 bridgehead atoms. The van der Waals surface area contributed by atoms with Crippen molar-refractivity contribution in [1.29, 1.82) is 0 Å². The smallest absolute Gasteiger partial charge is 0.358 e. The Hall–Kier alpha value is -1.89. The van der Waals surface area contributed by atoms with E-state index >= 15 is 0 Å². The SMILES string of the molecule is COC(=O)c1cc(CC(N)C(=O)O)n(C)n1. The van der Waals surface area contributed by atoms with Crippen LogP contribution in [-0.4, -0.2) is 40.0 Å². The molecule has 1 atom stereocenters. The molecule has 0 radical (unpaired) electrons. The number of aliphatic carboxylic acids is 1. The number of aryl methyl sites for hydroxylation is 1. The van der Waals surface area contributed by atoms with Crippen LogP contribution in [0.1, 0.15) is 16.2 Å². The van der Waals surface area contributed by atoms with Crippen molar-refractivity contribution in [2.45, 2.75) is 12.5 Å². The molecule has 1 unspecified atom stereocenters. The number of carbonyl (C=O) groups excluding carboxylic acids is 1. The van der Waals surface area contributed by atoms with Gasteiger partial charge in [-0.1, -0.05) is 0 Å². The maximum Gasteiger partial charge on any atom is 0.358 e. The number of carboxylic acid groups (broad SMARTS) is 1. The summed E-state index contributed by atoms with van der Waals surface area (Å²) >= 11 is 0. The van der Waals surface area contributed by atoms with Gasteiger partial charge in [0.15, 0.2) is 5.69 Å². The van der Waals surface area contributed by atoms with Crippen molar-refractivity contribution in [2.75, 3.05) is 7.11 Å². The van der Waals surface area contributed by atoms with Crippen LogP contribution >= 0.6 is 0 Å². The average Bonchev–Trinajstić information content (AvgIpc) is 2.59. The quantitative estimate of drug-likeness (QED) is 0.649. The minimum absolute atomic E-state index is 0.107. The Morgan fingerprint density at radius 1 is 1.69 bits per heavy atom. The first kappa shape index (κ1) is 12.2. The van der Waals surface area contributed by atoms with E-state index in [2.05, 4.69) is 9.84 Å². The molecule has 0 saturated heterocycles. The number of hydrogen-bond acceptors (Lipinski definition) is 5. The Kier molecular flexibility index (Phi) is 3.62. The van der Waals surface area contributed by atoms with Gasteiger partial charge in [-0.3, -0.25) is 9.48 Å². The third-order valence-corrected chi connectivity index (χ3v) is 2.12. The highest BCUT2D eigenvalue weighted by molar-refractivity contribution is 5.87. The fraction of sp³-hybridized carbons (Fsp3) is 0.444. The fourth-order valence-electron chi connectivity index (χ4n) is 1.21. The number of methoxy groups -OCH3 is 1. The summed E-state index contributed by atoms with van der Waals surface area (Å²) in [5.41, 5.74) is 6.08. The molecule has 1 rings (SSSR count). The molecule has 16 heavy (non-hydrogen) atoms. The molecule has 0 spiro atoms. The van der Waals surface area contributed by atoms with Gasteiger partial charge in [0.1, 0.15) is 6.04 Å². The number of aromatic nitrogens is 2. The van der Waals surface area contributed by atoms with Crippen LogP contribution in [0.2, 0.25) is 0 Å². The summed E-state index contributed by atoms with van der Waals surface area (Å²) in [5.74, 6) is -1.66. The first-order valence-electron chi connectivity index (χ1n) is 4.55. The van der Waals surface area contributed by atoms with Gasteiger partial charge in [-0.15, -0.1) is 0 Å². The first-order valence-corrected chi connectivity index (χ1v) is 4.55. The zero-order valence-electron chi connectivity index (χ0n) is 9.01. The van der Waals surface area contributed by atoms with Crippen LogP contribution in [0.15, 0.2) is 6.07 Å². The standard InChI is InChI=1S/C9H13N3O4/c1-12-5(3-6(10)8(13)14)4-7(11-12)9(15)16-2/h4,6H,3,10H2,1-2H3,(H,13,14). The number of nitrogens with two attached hydrogens (primary N) is 1. The number of ether oxygens (including phenoxy) is 1. The van der Waals surface area contributed by atoms with E-state index < -0.39 is 18.0 Å². The van der Waals surface area contributed by atoms with Crippen molar-refractivity contribution in [3.8, 4) is 0 Å². The molecule has 0 amide bonds. The Morgan fingerprint density at radius 2 is 2.31 bits per heavy atom. The zero-order valence-corrected chi connectivity index (χ0v) is 9.01. The Bertz CT molecular complexity index is 413. The molecule has 7 nitrogen and oxygen atoms in total. The van der Waals surface area contributed by atoms with Gasteiger partial charge in [0.25, 0.3) is 0 Å². The number of hydrogen-bond donors (Lipinski definition) is 2. The summed E-state index contributed by atoms with van der Waals surface area (Å²) in [4.78, 5) is 21.7. The molecule has 7 heteroatoms. The zero-order chi connectivity index (χ0) is 12.3. The minimum atomic E-state index is -1.10. The summed E-state index contributed by atoms with van der Waals surface area (Å²) in [6, 6.07) is 0.454. The lowest BCUT2D eigenvalue weighted by Gasteiger charge is -2.05. The van der Waals surface area contributed by atoms with Crippen molar-refractivity contribution >= 4 is 11.9 Å². The molecule has 0 aliphatic carbocycles. The molecular weight excluding hydrogens is 214 g/mol. The normalized spacial score (nSPS) is 12.2. The molecule has 1 aromatic heterocycles. The van der Waals surface area contributed by atoms with E-state index in [-0.39, 0.29) is 12.1 Å². The van der Waals surface area contributed by atoms with Crippen LogP contribution in [0.25, 0.3) is 0 Å². The molecule has 0 aliphatic heterocycles. The highest BCUT2D eigenvalue weighted by atomic mass is 16.5. The lowest BCUT2D eigenvalue weighted by Crippen LogP contribution is -2.32. The van der Waals surface area contributed by atoms with Gasteiger partial charge < -0.3 is 15.6 Å². The van der Waals surface area contributed by atoms with Crippen LogP contribution in [0.4, 0.5) is 0 Å². The molecule has 1 aromatic rings. The summed E-state index contributed by atoms with van der Waals surface area (Å²) in [7, 11) is 2.86. The number of nitrogens with zero attached hydrogens (tertiary/aromatic N) is 2. The molecule has 0 saturated carbocycles. The lowest BCUT2D eigenvalue weighted by molar-refractivity contribution is -0.138. The maximum atomic E-state index is 11.2. The van der Waals surface area contributed by atoms with Gasteiger partial charge >= 0.3 is 11.9 Å².